The maximum Gasteiger partial charge on any atom is 0.410 e. The summed E-state index contributed by atoms with van der Waals surface area (Å²) in [7, 11) is 0. The smallest absolute Gasteiger partial charge is 0.410 e. The summed E-state index contributed by atoms with van der Waals surface area (Å²) >= 11 is 0. The lowest BCUT2D eigenvalue weighted by Crippen LogP contribution is -2.36. The first kappa shape index (κ1) is 22.0. The van der Waals surface area contributed by atoms with Gasteiger partial charge in [0.1, 0.15) is 17.3 Å². The first-order valence-corrected chi connectivity index (χ1v) is 10.5. The molecule has 9 heteroatoms. The summed E-state index contributed by atoms with van der Waals surface area (Å²) in [5.74, 6) is 1.25. The largest absolute Gasteiger partial charge is 0.465 e. The fraction of sp³-hybridized carbons (Fsp3) is 0.391. The Kier molecular flexibility index (Phi) is 5.99. The Morgan fingerprint density at radius 1 is 1.25 bits per heavy atom. The molecule has 1 aliphatic heterocycles. The fourth-order valence-corrected chi connectivity index (χ4v) is 3.95. The lowest BCUT2D eigenvalue weighted by molar-refractivity contribution is -0.173. The van der Waals surface area contributed by atoms with Crippen molar-refractivity contribution in [2.45, 2.75) is 57.9 Å². The van der Waals surface area contributed by atoms with Gasteiger partial charge in [0.2, 0.25) is 5.91 Å². The van der Waals surface area contributed by atoms with Crippen molar-refractivity contribution < 1.29 is 22.4 Å². The summed E-state index contributed by atoms with van der Waals surface area (Å²) in [5.41, 5.74) is 2.31. The summed E-state index contributed by atoms with van der Waals surface area (Å²) in [5, 5.41) is 9.89. The molecule has 1 aliphatic rings. The van der Waals surface area contributed by atoms with Crippen molar-refractivity contribution in [1.82, 2.24) is 15.1 Å². The number of anilines is 1. The minimum atomic E-state index is -4.46. The number of nitrogens with one attached hydrogen (secondary N) is 2. The van der Waals surface area contributed by atoms with Crippen LogP contribution in [0.2, 0.25) is 0 Å². The first-order chi connectivity index (χ1) is 15.2. The molecule has 0 unspecified atom stereocenters. The van der Waals surface area contributed by atoms with Gasteiger partial charge in [0, 0.05) is 12.0 Å². The molecule has 0 bridgehead atoms. The SMILES string of the molecule is CCc1ccc([C@@H]2C[C@H](C(F)(F)F)n3ncc(CC(=O)NCc4ccc(C)o4)c3N2)cc1. The number of nitrogens with zero attached hydrogens (tertiary/aromatic N) is 2. The molecule has 0 radical (unpaired) electrons. The van der Waals surface area contributed by atoms with Gasteiger partial charge >= 0.3 is 6.18 Å². The highest BCUT2D eigenvalue weighted by Gasteiger charge is 2.46. The summed E-state index contributed by atoms with van der Waals surface area (Å²) < 4.78 is 47.9. The average molecular weight is 446 g/mol. The Balaban J connectivity index is 1.54. The van der Waals surface area contributed by atoms with Crippen LogP contribution in [0.1, 0.15) is 53.6 Å². The molecule has 1 amide bonds. The lowest BCUT2D eigenvalue weighted by Gasteiger charge is -2.34. The van der Waals surface area contributed by atoms with E-state index in [0.717, 1.165) is 28.0 Å². The zero-order valence-electron chi connectivity index (χ0n) is 17.9. The van der Waals surface area contributed by atoms with Crippen molar-refractivity contribution in [1.29, 1.82) is 0 Å². The van der Waals surface area contributed by atoms with Gasteiger partial charge in [-0.3, -0.25) is 4.79 Å². The van der Waals surface area contributed by atoms with E-state index in [1.165, 1.54) is 6.20 Å². The molecular formula is C23H25F3N4O2. The van der Waals surface area contributed by atoms with Gasteiger partial charge in [-0.25, -0.2) is 4.68 Å². The van der Waals surface area contributed by atoms with E-state index in [-0.39, 0.29) is 31.1 Å². The molecule has 2 N–H and O–H groups in total. The number of carbonyl (C=O) groups is 1. The number of carbonyl (C=O) groups excluding carboxylic acids is 1. The van der Waals surface area contributed by atoms with Gasteiger partial charge in [-0.05, 0) is 36.6 Å². The maximum absolute atomic E-state index is 13.8. The van der Waals surface area contributed by atoms with Crippen LogP contribution >= 0.6 is 0 Å². The molecule has 170 valence electrons. The molecule has 3 heterocycles. The molecule has 1 aromatic carbocycles. The van der Waals surface area contributed by atoms with Crippen molar-refractivity contribution in [3.05, 3.63) is 70.8 Å². The van der Waals surface area contributed by atoms with Gasteiger partial charge < -0.3 is 15.1 Å². The number of benzene rings is 1. The highest BCUT2D eigenvalue weighted by Crippen LogP contribution is 2.44. The number of aryl methyl sites for hydroxylation is 2. The van der Waals surface area contributed by atoms with Crippen LogP contribution in [-0.2, 0) is 24.2 Å². The fourth-order valence-electron chi connectivity index (χ4n) is 3.95. The first-order valence-electron chi connectivity index (χ1n) is 10.5. The predicted molar refractivity (Wildman–Crippen MR) is 113 cm³/mol. The third kappa shape index (κ3) is 4.66. The molecule has 0 spiro atoms. The van der Waals surface area contributed by atoms with E-state index in [0.29, 0.717) is 11.3 Å². The number of furan rings is 1. The van der Waals surface area contributed by atoms with Crippen molar-refractivity contribution >= 4 is 11.7 Å². The van der Waals surface area contributed by atoms with Crippen LogP contribution in [-0.4, -0.2) is 21.9 Å². The zero-order valence-corrected chi connectivity index (χ0v) is 17.9. The van der Waals surface area contributed by atoms with Crippen molar-refractivity contribution in [2.75, 3.05) is 5.32 Å². The van der Waals surface area contributed by atoms with Crippen molar-refractivity contribution in [2.24, 2.45) is 0 Å². The van der Waals surface area contributed by atoms with Gasteiger partial charge in [-0.1, -0.05) is 31.2 Å². The van der Waals surface area contributed by atoms with Crippen molar-refractivity contribution in [3.63, 3.8) is 0 Å². The van der Waals surface area contributed by atoms with Crippen LogP contribution in [0.3, 0.4) is 0 Å². The van der Waals surface area contributed by atoms with E-state index >= 15 is 0 Å². The van der Waals surface area contributed by atoms with E-state index < -0.39 is 18.3 Å². The van der Waals surface area contributed by atoms with Crippen LogP contribution in [0, 0.1) is 6.92 Å². The zero-order chi connectivity index (χ0) is 22.9. The minimum absolute atomic E-state index is 0.0892. The Morgan fingerprint density at radius 3 is 2.62 bits per heavy atom. The summed E-state index contributed by atoms with van der Waals surface area (Å²) in [6, 6.07) is 8.82. The Labute approximate surface area is 183 Å². The molecule has 3 aromatic rings. The topological polar surface area (TPSA) is 72.1 Å². The Morgan fingerprint density at radius 2 is 2.00 bits per heavy atom. The molecule has 4 rings (SSSR count). The van der Waals surface area contributed by atoms with Crippen LogP contribution < -0.4 is 10.6 Å². The number of amides is 1. The predicted octanol–water partition coefficient (Wildman–Crippen LogP) is 4.87. The molecule has 0 aliphatic carbocycles. The summed E-state index contributed by atoms with van der Waals surface area (Å²) in [6.45, 7) is 4.04. The number of halogens is 3. The second-order valence-corrected chi connectivity index (χ2v) is 8.01. The average Bonchev–Trinajstić information content (AvgIpc) is 3.37. The second kappa shape index (κ2) is 8.72. The van der Waals surface area contributed by atoms with E-state index in [1.54, 1.807) is 19.1 Å². The maximum atomic E-state index is 13.8. The summed E-state index contributed by atoms with van der Waals surface area (Å²) in [4.78, 5) is 12.4. The number of fused-ring (bicyclic) bond motifs is 1. The number of alkyl halides is 3. The van der Waals surface area contributed by atoms with E-state index in [1.807, 2.05) is 31.2 Å². The van der Waals surface area contributed by atoms with Crippen molar-refractivity contribution in [3.8, 4) is 0 Å². The van der Waals surface area contributed by atoms with Gasteiger partial charge in [0.15, 0.2) is 6.04 Å². The van der Waals surface area contributed by atoms with Crippen LogP contribution in [0.4, 0.5) is 19.0 Å². The quantitative estimate of drug-likeness (QED) is 0.567. The van der Waals surface area contributed by atoms with Gasteiger partial charge in [0.25, 0.3) is 0 Å². The molecule has 0 saturated heterocycles. The molecule has 0 fully saturated rings. The van der Waals surface area contributed by atoms with Gasteiger partial charge in [-0.2, -0.15) is 18.3 Å². The standard InChI is InChI=1S/C23H25F3N4O2/c1-3-15-5-7-16(8-6-15)19-11-20(23(24,25)26)30-22(29-19)17(12-28-30)10-21(31)27-13-18-9-4-14(2)32-18/h4-9,12,19-20,29H,3,10-11,13H2,1-2H3,(H,27,31)/t19-,20+/m0/s1. The molecule has 6 nitrogen and oxygen atoms in total. The Hall–Kier alpha value is -3.23. The second-order valence-electron chi connectivity index (χ2n) is 8.01. The van der Waals surface area contributed by atoms with Gasteiger partial charge in [-0.15, -0.1) is 0 Å². The van der Waals surface area contributed by atoms with Gasteiger partial charge in [0.05, 0.1) is 25.2 Å². The third-order valence-electron chi connectivity index (χ3n) is 5.71. The normalized spacial score (nSPS) is 18.2. The molecule has 2 aromatic heterocycles. The number of rotatable bonds is 6. The minimum Gasteiger partial charge on any atom is -0.465 e. The lowest BCUT2D eigenvalue weighted by atomic mass is 9.95. The Bertz CT molecular complexity index is 1090. The number of hydrogen-bond donors (Lipinski definition) is 2. The highest BCUT2D eigenvalue weighted by atomic mass is 19.4. The molecular weight excluding hydrogens is 421 g/mol. The van der Waals surface area contributed by atoms with Crippen LogP contribution in [0.15, 0.2) is 47.0 Å². The van der Waals surface area contributed by atoms with E-state index in [9.17, 15) is 18.0 Å². The summed E-state index contributed by atoms with van der Waals surface area (Å²) in [6.07, 6.45) is -2.53. The van der Waals surface area contributed by atoms with E-state index in [4.69, 9.17) is 4.42 Å². The molecule has 0 saturated carbocycles. The molecule has 2 atom stereocenters. The number of aromatic nitrogens is 2. The van der Waals surface area contributed by atoms with Crippen LogP contribution in [0.25, 0.3) is 0 Å². The molecule has 32 heavy (non-hydrogen) atoms. The third-order valence-corrected chi connectivity index (χ3v) is 5.71. The monoisotopic (exact) mass is 446 g/mol. The highest BCUT2D eigenvalue weighted by molar-refractivity contribution is 5.80. The van der Waals surface area contributed by atoms with Crippen LogP contribution in [0.5, 0.6) is 0 Å². The van der Waals surface area contributed by atoms with E-state index in [2.05, 4.69) is 15.7 Å². The number of hydrogen-bond acceptors (Lipinski definition) is 4.